The minimum absolute atomic E-state index is 0.143. The van der Waals surface area contributed by atoms with Crippen molar-refractivity contribution in [3.8, 4) is 0 Å². The summed E-state index contributed by atoms with van der Waals surface area (Å²) >= 11 is 12.3. The molecule has 0 amide bonds. The van der Waals surface area contributed by atoms with Crippen LogP contribution < -0.4 is 16.4 Å². The van der Waals surface area contributed by atoms with Crippen molar-refractivity contribution in [1.29, 1.82) is 0 Å². The molecule has 2 N–H and O–H groups in total. The predicted molar refractivity (Wildman–Crippen MR) is 126 cm³/mol. The Morgan fingerprint density at radius 3 is 2.78 bits per heavy atom. The molecule has 2 fully saturated rings. The Morgan fingerprint density at radius 1 is 1.22 bits per heavy atom. The summed E-state index contributed by atoms with van der Waals surface area (Å²) in [5.41, 5.74) is 1.60. The van der Waals surface area contributed by atoms with E-state index in [0.717, 1.165) is 37.0 Å². The highest BCUT2D eigenvalue weighted by Gasteiger charge is 2.51. The van der Waals surface area contributed by atoms with Gasteiger partial charge in [-0.25, -0.2) is 9.78 Å². The first-order chi connectivity index (χ1) is 15.3. The van der Waals surface area contributed by atoms with Gasteiger partial charge >= 0.3 is 0 Å². The molecule has 0 radical (unpaired) electrons. The Kier molecular flexibility index (Phi) is 5.47. The molecular weight excluding hydrogens is 451 g/mol. The third kappa shape index (κ3) is 3.80. The molecule has 1 aliphatic carbocycles. The van der Waals surface area contributed by atoms with Crippen molar-refractivity contribution in [3.05, 3.63) is 60.8 Å². The summed E-state index contributed by atoms with van der Waals surface area (Å²) in [5.74, 6) is 0.615. The van der Waals surface area contributed by atoms with Gasteiger partial charge in [0.25, 0.3) is 11.1 Å². The van der Waals surface area contributed by atoms with E-state index in [1.165, 1.54) is 23.7 Å². The molecule has 2 aromatic heterocycles. The lowest BCUT2D eigenvalue weighted by molar-refractivity contribution is -0.0915. The van der Waals surface area contributed by atoms with Crippen molar-refractivity contribution in [2.45, 2.75) is 19.3 Å². The van der Waals surface area contributed by atoms with Crippen LogP contribution in [0.3, 0.4) is 0 Å². The van der Waals surface area contributed by atoms with E-state index in [0.29, 0.717) is 34.0 Å². The Balaban J connectivity index is 1.13. The molecule has 0 bridgehead atoms. The van der Waals surface area contributed by atoms with Crippen LogP contribution in [0.5, 0.6) is 0 Å². The molecule has 3 aromatic rings. The minimum atomic E-state index is -0.385. The zero-order valence-corrected chi connectivity index (χ0v) is 19.2. The molecule has 0 atom stereocenters. The summed E-state index contributed by atoms with van der Waals surface area (Å²) < 4.78 is 1.33. The van der Waals surface area contributed by atoms with Crippen LogP contribution in [-0.4, -0.2) is 51.1 Å². The highest BCUT2D eigenvalue weighted by atomic mass is 35.5. The number of halogens is 2. The zero-order valence-electron chi connectivity index (χ0n) is 17.7. The topological polar surface area (TPSA) is 95.9 Å². The number of aryl methyl sites for hydroxylation is 1. The normalized spacial score (nSPS) is 18.0. The molecule has 1 aliphatic heterocycles. The summed E-state index contributed by atoms with van der Waals surface area (Å²) in [7, 11) is 1.64. The van der Waals surface area contributed by atoms with Gasteiger partial charge in [0.1, 0.15) is 5.02 Å². The van der Waals surface area contributed by atoms with Gasteiger partial charge < -0.3 is 10.2 Å². The van der Waals surface area contributed by atoms with E-state index in [9.17, 15) is 9.59 Å². The van der Waals surface area contributed by atoms with Crippen LogP contribution in [0, 0.1) is 11.3 Å². The maximum atomic E-state index is 12.5. The first-order valence-corrected chi connectivity index (χ1v) is 11.4. The van der Waals surface area contributed by atoms with E-state index in [-0.39, 0.29) is 16.1 Å². The number of anilines is 1. The van der Waals surface area contributed by atoms with Crippen LogP contribution in [0.2, 0.25) is 10.0 Å². The van der Waals surface area contributed by atoms with Crippen LogP contribution in [0.4, 0.5) is 5.69 Å². The van der Waals surface area contributed by atoms with Crippen molar-refractivity contribution in [3.63, 3.8) is 0 Å². The number of hydrogen-bond donors (Lipinski definition) is 2. The molecule has 1 saturated carbocycles. The summed E-state index contributed by atoms with van der Waals surface area (Å²) in [6.07, 6.45) is 6.63. The summed E-state index contributed by atoms with van der Waals surface area (Å²) in [6.45, 7) is 3.79. The van der Waals surface area contributed by atoms with Crippen LogP contribution in [0.25, 0.3) is 10.8 Å². The summed E-state index contributed by atoms with van der Waals surface area (Å²) in [4.78, 5) is 26.4. The van der Waals surface area contributed by atoms with Crippen LogP contribution in [0.1, 0.15) is 18.4 Å². The van der Waals surface area contributed by atoms with Gasteiger partial charge in [-0.3, -0.25) is 9.59 Å². The molecule has 0 unspecified atom stereocenters. The summed E-state index contributed by atoms with van der Waals surface area (Å²) in [6, 6.07) is 3.86. The van der Waals surface area contributed by atoms with Gasteiger partial charge in [0.2, 0.25) is 0 Å². The highest BCUT2D eigenvalue weighted by molar-refractivity contribution is 6.35. The molecule has 1 spiro atoms. The predicted octanol–water partition coefficient (Wildman–Crippen LogP) is 2.69. The average Bonchev–Trinajstić information content (AvgIpc) is 2.71. The van der Waals surface area contributed by atoms with E-state index in [1.54, 1.807) is 13.2 Å². The average molecular weight is 475 g/mol. The number of rotatable bonds is 6. The largest absolute Gasteiger partial charge is 0.381 e. The lowest BCUT2D eigenvalue weighted by Crippen LogP contribution is -2.63. The van der Waals surface area contributed by atoms with Crippen molar-refractivity contribution in [2.75, 3.05) is 31.5 Å². The number of nitrogens with zero attached hydrogens (tertiary/aromatic N) is 4. The van der Waals surface area contributed by atoms with Crippen molar-refractivity contribution < 1.29 is 0 Å². The molecule has 32 heavy (non-hydrogen) atoms. The maximum absolute atomic E-state index is 12.5. The van der Waals surface area contributed by atoms with E-state index in [4.69, 9.17) is 23.2 Å². The van der Waals surface area contributed by atoms with Crippen LogP contribution in [0.15, 0.2) is 34.1 Å². The lowest BCUT2D eigenvalue weighted by atomic mass is 9.56. The molecule has 8 nitrogen and oxygen atoms in total. The zero-order chi connectivity index (χ0) is 22.5. The van der Waals surface area contributed by atoms with E-state index in [2.05, 4.69) is 25.5 Å². The second-order valence-electron chi connectivity index (χ2n) is 9.11. The monoisotopic (exact) mass is 474 g/mol. The number of fused-ring (bicyclic) bond motifs is 1. The van der Waals surface area contributed by atoms with Gasteiger partial charge in [-0.05, 0) is 42.2 Å². The number of nitrogens with one attached hydrogen (secondary N) is 2. The molecule has 3 heterocycles. The Labute approximate surface area is 194 Å². The fraction of sp³-hybridized carbons (Fsp3) is 0.455. The molecule has 10 heteroatoms. The number of likely N-dealkylation sites (tertiary alicyclic amines) is 1. The number of H-pyrrole nitrogens is 1. The minimum Gasteiger partial charge on any atom is -0.381 e. The molecule has 5 rings (SSSR count). The Morgan fingerprint density at radius 2 is 2.00 bits per heavy atom. The molecule has 1 saturated heterocycles. The van der Waals surface area contributed by atoms with Gasteiger partial charge in [-0.15, -0.1) is 0 Å². The van der Waals surface area contributed by atoms with Crippen molar-refractivity contribution in [1.82, 2.24) is 24.9 Å². The van der Waals surface area contributed by atoms with Crippen LogP contribution in [-0.2, 0) is 13.5 Å². The van der Waals surface area contributed by atoms with E-state index >= 15 is 0 Å². The molecule has 2 aliphatic rings. The standard InChI is InChI=1S/C22H24Cl2N6O2/c1-29-21(32)18-15(9-27-29)14(2-3-16(18)23)6-13-7-22(8-13)11-30(12-22)5-4-25-17-10-26-28-20(31)19(17)24/h2-3,9-10,13H,4-8,11-12H2,1H3,(H2,25,28,31). The first-order valence-electron chi connectivity index (χ1n) is 10.7. The second-order valence-corrected chi connectivity index (χ2v) is 9.90. The van der Waals surface area contributed by atoms with E-state index < -0.39 is 0 Å². The van der Waals surface area contributed by atoms with Crippen LogP contribution >= 0.6 is 23.2 Å². The van der Waals surface area contributed by atoms with Gasteiger partial charge in [0, 0.05) is 38.6 Å². The highest BCUT2D eigenvalue weighted by Crippen LogP contribution is 2.53. The SMILES string of the molecule is Cn1ncc2c(CC3CC4(C3)CN(CCNc3cn[nH]c(=O)c3Cl)C4)ccc(Cl)c2c1=O. The van der Waals surface area contributed by atoms with Gasteiger partial charge in [0.15, 0.2) is 0 Å². The summed E-state index contributed by atoms with van der Waals surface area (Å²) in [5, 5.41) is 15.5. The number of hydrogen-bond acceptors (Lipinski definition) is 6. The number of aromatic amines is 1. The third-order valence-electron chi connectivity index (χ3n) is 6.76. The van der Waals surface area contributed by atoms with Gasteiger partial charge in [0.05, 0.1) is 28.5 Å². The smallest absolute Gasteiger partial charge is 0.285 e. The van der Waals surface area contributed by atoms with E-state index in [1.807, 2.05) is 12.1 Å². The van der Waals surface area contributed by atoms with Gasteiger partial charge in [-0.1, -0.05) is 29.3 Å². The van der Waals surface area contributed by atoms with Crippen molar-refractivity contribution >= 4 is 39.7 Å². The fourth-order valence-corrected chi connectivity index (χ4v) is 5.74. The second kappa shape index (κ2) is 8.17. The maximum Gasteiger partial charge on any atom is 0.285 e. The third-order valence-corrected chi connectivity index (χ3v) is 7.45. The first kappa shape index (κ1) is 21.4. The van der Waals surface area contributed by atoms with Gasteiger partial charge in [-0.2, -0.15) is 10.2 Å². The lowest BCUT2D eigenvalue weighted by Gasteiger charge is -2.59. The molecule has 168 valence electrons. The number of aromatic nitrogens is 4. The number of benzene rings is 1. The Bertz CT molecular complexity index is 1290. The fourth-order valence-electron chi connectivity index (χ4n) is 5.33. The quantitative estimate of drug-likeness (QED) is 0.569. The molecule has 1 aromatic carbocycles. The Hall–Kier alpha value is -2.42. The van der Waals surface area contributed by atoms with Crippen molar-refractivity contribution in [2.24, 2.45) is 18.4 Å². The molecular formula is C22H24Cl2N6O2.